The number of fused-ring (bicyclic) bond motifs is 3. The second kappa shape index (κ2) is 9.00. The van der Waals surface area contributed by atoms with Crippen LogP contribution in [0.3, 0.4) is 0 Å². The summed E-state index contributed by atoms with van der Waals surface area (Å²) in [6, 6.07) is 0.612. The standard InChI is InChI=1S/C26H31N3O8/c1-5-11-6-13(9-28-10(2)30)20(31)17-14(11)7-12-8-15-19(29(3)4)22(33)18(25(27)36)24(35)26(15,37)23(34)16(12)21(17)32/h6,12,15,19,31-32,35,37H,5,7-9H2,1-4H3,(H2,27,36)(H,28,30)/t12-,15-,19?,26-/m0/s1. The Balaban J connectivity index is 1.95. The van der Waals surface area contributed by atoms with E-state index in [-0.39, 0.29) is 42.2 Å². The maximum Gasteiger partial charge on any atom is 0.255 e. The highest BCUT2D eigenvalue weighted by atomic mass is 16.3. The monoisotopic (exact) mass is 513 g/mol. The van der Waals surface area contributed by atoms with E-state index in [1.54, 1.807) is 20.2 Å². The van der Waals surface area contributed by atoms with Gasteiger partial charge in [-0.25, -0.2) is 0 Å². The minimum Gasteiger partial charge on any atom is -0.508 e. The number of hydrogen-bond donors (Lipinski definition) is 6. The van der Waals surface area contributed by atoms with Crippen molar-refractivity contribution < 1.29 is 39.6 Å². The number of amides is 2. The number of ketones is 2. The number of aliphatic hydroxyl groups excluding tert-OH is 2. The maximum atomic E-state index is 13.9. The number of carbonyl (C=O) groups is 4. The van der Waals surface area contributed by atoms with Crippen LogP contribution in [0.4, 0.5) is 0 Å². The lowest BCUT2D eigenvalue weighted by atomic mass is 9.57. The van der Waals surface area contributed by atoms with Crippen molar-refractivity contribution in [2.24, 2.45) is 17.6 Å². The topological polar surface area (TPSA) is 190 Å². The zero-order valence-electron chi connectivity index (χ0n) is 21.1. The van der Waals surface area contributed by atoms with E-state index in [0.717, 1.165) is 5.56 Å². The molecular weight excluding hydrogens is 482 g/mol. The number of aryl methyl sites for hydroxylation is 1. The molecule has 2 amide bonds. The average Bonchev–Trinajstić information content (AvgIpc) is 2.80. The molecule has 0 saturated heterocycles. The van der Waals surface area contributed by atoms with Gasteiger partial charge in [-0.15, -0.1) is 0 Å². The molecular formula is C26H31N3O8. The Hall–Kier alpha value is -3.70. The Kier molecular flexibility index (Phi) is 6.41. The molecule has 37 heavy (non-hydrogen) atoms. The first-order chi connectivity index (χ1) is 17.3. The molecule has 4 atom stereocenters. The molecule has 11 heteroatoms. The number of nitrogens with two attached hydrogens (primary N) is 1. The average molecular weight is 514 g/mol. The van der Waals surface area contributed by atoms with Crippen molar-refractivity contribution in [1.29, 1.82) is 0 Å². The number of phenolic OH excluding ortho intramolecular Hbond substituents is 1. The molecule has 1 aromatic carbocycles. The number of benzene rings is 1. The van der Waals surface area contributed by atoms with Crippen molar-refractivity contribution in [1.82, 2.24) is 10.2 Å². The Morgan fingerprint density at radius 3 is 2.38 bits per heavy atom. The van der Waals surface area contributed by atoms with E-state index < -0.39 is 58.0 Å². The predicted molar refractivity (Wildman–Crippen MR) is 131 cm³/mol. The number of hydrogen-bond acceptors (Lipinski definition) is 9. The lowest BCUT2D eigenvalue weighted by Gasteiger charge is -2.50. The number of rotatable bonds is 5. The first-order valence-electron chi connectivity index (χ1n) is 12.0. The van der Waals surface area contributed by atoms with Crippen LogP contribution >= 0.6 is 0 Å². The summed E-state index contributed by atoms with van der Waals surface area (Å²) in [7, 11) is 3.11. The number of likely N-dealkylation sites (N-methyl/N-ethyl adjacent to an activating group) is 1. The van der Waals surface area contributed by atoms with E-state index in [0.29, 0.717) is 17.5 Å². The molecule has 0 aromatic heterocycles. The molecule has 1 aromatic rings. The van der Waals surface area contributed by atoms with Crippen LogP contribution in [0.25, 0.3) is 5.76 Å². The van der Waals surface area contributed by atoms with E-state index in [2.05, 4.69) is 5.32 Å². The van der Waals surface area contributed by atoms with Crippen molar-refractivity contribution >= 4 is 29.1 Å². The van der Waals surface area contributed by atoms with Crippen LogP contribution in [-0.2, 0) is 38.6 Å². The normalized spacial score (nSPS) is 27.1. The Morgan fingerprint density at radius 1 is 1.19 bits per heavy atom. The first kappa shape index (κ1) is 26.4. The van der Waals surface area contributed by atoms with Crippen LogP contribution in [0.15, 0.2) is 23.0 Å². The molecule has 0 aliphatic heterocycles. The SMILES string of the molecule is CCc1cc(CNC(C)=O)c(O)c2c1C[C@H]1C[C@H]3C(N(C)C)C(=O)C(C(N)=O)=C(O)[C@@]3(O)C(=O)C1=C2O. The van der Waals surface area contributed by atoms with E-state index in [1.165, 1.54) is 11.8 Å². The second-order valence-corrected chi connectivity index (χ2v) is 10.1. The van der Waals surface area contributed by atoms with E-state index in [1.807, 2.05) is 6.92 Å². The fourth-order valence-electron chi connectivity index (χ4n) is 6.12. The molecule has 0 radical (unpaired) electrons. The van der Waals surface area contributed by atoms with Gasteiger partial charge in [0.05, 0.1) is 11.6 Å². The van der Waals surface area contributed by atoms with Crippen LogP contribution in [0, 0.1) is 11.8 Å². The van der Waals surface area contributed by atoms with Crippen LogP contribution in [0.5, 0.6) is 5.75 Å². The summed E-state index contributed by atoms with van der Waals surface area (Å²) in [5.41, 5.74) is 3.38. The maximum absolute atomic E-state index is 13.9. The quantitative estimate of drug-likeness (QED) is 0.298. The predicted octanol–water partition coefficient (Wildman–Crippen LogP) is 0.163. The molecule has 1 fully saturated rings. The van der Waals surface area contributed by atoms with Crippen molar-refractivity contribution in [2.45, 2.75) is 51.3 Å². The van der Waals surface area contributed by atoms with E-state index in [9.17, 15) is 39.6 Å². The summed E-state index contributed by atoms with van der Waals surface area (Å²) in [5, 5.41) is 47.5. The third kappa shape index (κ3) is 3.72. The van der Waals surface area contributed by atoms with Crippen molar-refractivity contribution in [3.63, 3.8) is 0 Å². The van der Waals surface area contributed by atoms with Crippen molar-refractivity contribution in [3.05, 3.63) is 45.2 Å². The fourth-order valence-corrected chi connectivity index (χ4v) is 6.12. The van der Waals surface area contributed by atoms with Crippen LogP contribution < -0.4 is 11.1 Å². The molecule has 7 N–H and O–H groups in total. The molecule has 3 aliphatic rings. The number of aliphatic hydroxyl groups is 3. The number of Topliss-reactive ketones (excluding diaryl/α,β-unsaturated/α-hetero) is 2. The van der Waals surface area contributed by atoms with Gasteiger partial charge in [-0.2, -0.15) is 0 Å². The molecule has 0 bridgehead atoms. The van der Waals surface area contributed by atoms with Gasteiger partial charge in [0.25, 0.3) is 5.91 Å². The summed E-state index contributed by atoms with van der Waals surface area (Å²) >= 11 is 0. The Morgan fingerprint density at radius 2 is 1.84 bits per heavy atom. The first-order valence-corrected chi connectivity index (χ1v) is 12.0. The Bertz CT molecular complexity index is 1310. The number of phenols is 1. The van der Waals surface area contributed by atoms with Gasteiger partial charge in [-0.05, 0) is 50.4 Å². The second-order valence-electron chi connectivity index (χ2n) is 10.1. The van der Waals surface area contributed by atoms with Gasteiger partial charge in [0, 0.05) is 30.5 Å². The number of nitrogens with zero attached hydrogens (tertiary/aromatic N) is 1. The van der Waals surface area contributed by atoms with Gasteiger partial charge in [0.1, 0.15) is 22.8 Å². The third-order valence-corrected chi connectivity index (χ3v) is 7.80. The molecule has 4 rings (SSSR count). The number of primary amides is 1. The molecule has 198 valence electrons. The summed E-state index contributed by atoms with van der Waals surface area (Å²) in [6.07, 6.45) is 0.797. The lowest BCUT2D eigenvalue weighted by Crippen LogP contribution is -2.65. The molecule has 1 saturated carbocycles. The molecule has 11 nitrogen and oxygen atoms in total. The van der Waals surface area contributed by atoms with Crippen LogP contribution in [0.1, 0.15) is 42.5 Å². The minimum atomic E-state index is -2.68. The largest absolute Gasteiger partial charge is 0.508 e. The number of nitrogens with one attached hydrogen (secondary N) is 1. The van der Waals surface area contributed by atoms with Gasteiger partial charge >= 0.3 is 0 Å². The fraction of sp³-hybridized carbons (Fsp3) is 0.462. The van der Waals surface area contributed by atoms with Crippen molar-refractivity contribution in [3.8, 4) is 5.75 Å². The van der Waals surface area contributed by atoms with E-state index >= 15 is 0 Å². The van der Waals surface area contributed by atoms with Crippen LogP contribution in [0.2, 0.25) is 0 Å². The molecule has 0 heterocycles. The zero-order chi connectivity index (χ0) is 27.6. The highest BCUT2D eigenvalue weighted by Crippen LogP contribution is 2.53. The summed E-state index contributed by atoms with van der Waals surface area (Å²) in [4.78, 5) is 51.9. The molecule has 3 aliphatic carbocycles. The number of aromatic hydroxyl groups is 1. The summed E-state index contributed by atoms with van der Waals surface area (Å²) in [5.74, 6) is -7.18. The smallest absolute Gasteiger partial charge is 0.255 e. The lowest BCUT2D eigenvalue weighted by molar-refractivity contribution is -0.153. The van der Waals surface area contributed by atoms with Crippen molar-refractivity contribution in [2.75, 3.05) is 14.1 Å². The minimum absolute atomic E-state index is 0.00836. The Labute approximate surface area is 213 Å². The van der Waals surface area contributed by atoms with Gasteiger partial charge in [0.2, 0.25) is 11.7 Å². The molecule has 1 unspecified atom stereocenters. The number of carbonyl (C=O) groups excluding carboxylic acids is 4. The highest BCUT2D eigenvalue weighted by Gasteiger charge is 2.64. The summed E-state index contributed by atoms with van der Waals surface area (Å²) < 4.78 is 0. The van der Waals surface area contributed by atoms with E-state index in [4.69, 9.17) is 5.73 Å². The zero-order valence-corrected chi connectivity index (χ0v) is 21.1. The van der Waals surface area contributed by atoms with Gasteiger partial charge < -0.3 is 31.5 Å². The summed E-state index contributed by atoms with van der Waals surface area (Å²) in [6.45, 7) is 3.21. The van der Waals surface area contributed by atoms with Gasteiger partial charge in [-0.3, -0.25) is 24.1 Å². The van der Waals surface area contributed by atoms with Gasteiger partial charge in [-0.1, -0.05) is 13.0 Å². The van der Waals surface area contributed by atoms with Crippen LogP contribution in [-0.4, -0.2) is 74.4 Å². The van der Waals surface area contributed by atoms with Gasteiger partial charge in [0.15, 0.2) is 11.4 Å². The highest BCUT2D eigenvalue weighted by molar-refractivity contribution is 6.24. The third-order valence-electron chi connectivity index (χ3n) is 7.80. The molecule has 0 spiro atoms.